The number of hydrogen-bond donors (Lipinski definition) is 1. The maximum absolute atomic E-state index is 12.2. The smallest absolute Gasteiger partial charge is 0.352 e. The average molecular weight is 312 g/mol. The average Bonchev–Trinajstić information content (AvgIpc) is 2.77. The molecular weight excluding hydrogens is 296 g/mol. The first-order valence-corrected chi connectivity index (χ1v) is 8.09. The van der Waals surface area contributed by atoms with Crippen molar-refractivity contribution in [3.63, 3.8) is 0 Å². The van der Waals surface area contributed by atoms with Gasteiger partial charge in [-0.15, -0.1) is 0 Å². The first-order chi connectivity index (χ1) is 9.63. The Morgan fingerprint density at radius 3 is 3.00 bits per heavy atom. The Bertz CT molecular complexity index is 620. The third-order valence-corrected chi connectivity index (χ3v) is 5.32. The molecule has 7 heteroatoms. The van der Waals surface area contributed by atoms with E-state index >= 15 is 0 Å². The number of hydrogen-bond acceptors (Lipinski definition) is 5. The van der Waals surface area contributed by atoms with Crippen molar-refractivity contribution < 1.29 is 14.3 Å². The van der Waals surface area contributed by atoms with Gasteiger partial charge < -0.3 is 14.6 Å². The van der Waals surface area contributed by atoms with Crippen LogP contribution in [-0.2, 0) is 9.53 Å². The fraction of sp³-hybridized carbons (Fsp3) is 0.615. The third-order valence-electron chi connectivity index (χ3n) is 3.94. The Morgan fingerprint density at radius 2 is 2.25 bits per heavy atom. The van der Waals surface area contributed by atoms with Crippen LogP contribution in [-0.4, -0.2) is 23.1 Å². The van der Waals surface area contributed by atoms with E-state index in [-0.39, 0.29) is 17.9 Å². The molecule has 1 aromatic heterocycles. The zero-order chi connectivity index (χ0) is 14.3. The lowest BCUT2D eigenvalue weighted by molar-refractivity contribution is -0.123. The summed E-state index contributed by atoms with van der Waals surface area (Å²) in [6, 6.07) is 0.0967. The lowest BCUT2D eigenvalue weighted by atomic mass is 9.82. The SMILES string of the molecule is CCOC(=O)c1sc(=S)n2c1NC(=O)C1CCCCC12. The van der Waals surface area contributed by atoms with Gasteiger partial charge >= 0.3 is 5.97 Å². The molecule has 0 radical (unpaired) electrons. The molecule has 0 bridgehead atoms. The molecule has 5 nitrogen and oxygen atoms in total. The number of amides is 1. The number of thiazole rings is 1. The highest BCUT2D eigenvalue weighted by atomic mass is 32.1. The second-order valence-corrected chi connectivity index (χ2v) is 6.73. The molecule has 1 saturated carbocycles. The Hall–Kier alpha value is -1.21. The molecule has 1 N–H and O–H groups in total. The normalized spacial score (nSPS) is 24.6. The first kappa shape index (κ1) is 13.8. The number of fused-ring (bicyclic) bond motifs is 3. The van der Waals surface area contributed by atoms with Gasteiger partial charge in [-0.2, -0.15) is 0 Å². The third kappa shape index (κ3) is 2.09. The summed E-state index contributed by atoms with van der Waals surface area (Å²) in [4.78, 5) is 24.6. The highest BCUT2D eigenvalue weighted by Gasteiger charge is 2.40. The van der Waals surface area contributed by atoms with Crippen molar-refractivity contribution in [2.45, 2.75) is 38.6 Å². The number of ether oxygens (including phenoxy) is 1. The van der Waals surface area contributed by atoms with Crippen molar-refractivity contribution in [2.24, 2.45) is 5.92 Å². The van der Waals surface area contributed by atoms with E-state index < -0.39 is 5.97 Å². The standard InChI is InChI=1S/C13H16N2O3S2/c1-2-18-12(17)9-10-14-11(16)7-5-3-4-6-8(7)15(10)13(19)20-9/h7-8H,2-6H2,1H3,(H,14,16). The molecule has 1 fully saturated rings. The molecule has 2 heterocycles. The molecule has 1 aliphatic heterocycles. The summed E-state index contributed by atoms with van der Waals surface area (Å²) >= 11 is 6.62. The van der Waals surface area contributed by atoms with Crippen molar-refractivity contribution >= 4 is 41.2 Å². The van der Waals surface area contributed by atoms with Gasteiger partial charge in [0.25, 0.3) is 0 Å². The fourth-order valence-electron chi connectivity index (χ4n) is 3.07. The quantitative estimate of drug-likeness (QED) is 0.673. The van der Waals surface area contributed by atoms with Gasteiger partial charge in [0.15, 0.2) is 8.83 Å². The molecule has 2 aliphatic rings. The van der Waals surface area contributed by atoms with Crippen LogP contribution >= 0.6 is 23.6 Å². The highest BCUT2D eigenvalue weighted by Crippen LogP contribution is 2.43. The van der Waals surface area contributed by atoms with Crippen molar-refractivity contribution in [2.75, 3.05) is 11.9 Å². The second-order valence-electron chi connectivity index (χ2n) is 5.08. The lowest BCUT2D eigenvalue weighted by Gasteiger charge is -2.36. The van der Waals surface area contributed by atoms with Crippen molar-refractivity contribution in [1.82, 2.24) is 4.57 Å². The molecular formula is C13H16N2O3S2. The molecule has 1 amide bonds. The Labute approximate surface area is 125 Å². The zero-order valence-electron chi connectivity index (χ0n) is 11.2. The maximum Gasteiger partial charge on any atom is 0.352 e. The highest BCUT2D eigenvalue weighted by molar-refractivity contribution is 7.73. The molecule has 20 heavy (non-hydrogen) atoms. The van der Waals surface area contributed by atoms with Gasteiger partial charge in [0.1, 0.15) is 5.82 Å². The minimum atomic E-state index is -0.410. The molecule has 3 rings (SSSR count). The van der Waals surface area contributed by atoms with Gasteiger partial charge in [0.05, 0.1) is 12.5 Å². The van der Waals surface area contributed by atoms with Crippen LogP contribution in [0.3, 0.4) is 0 Å². The summed E-state index contributed by atoms with van der Waals surface area (Å²) in [6.07, 6.45) is 4.01. The van der Waals surface area contributed by atoms with E-state index in [0.717, 1.165) is 25.7 Å². The summed E-state index contributed by atoms with van der Waals surface area (Å²) < 4.78 is 7.63. The molecule has 0 saturated heterocycles. The minimum absolute atomic E-state index is 0.00745. The summed E-state index contributed by atoms with van der Waals surface area (Å²) in [7, 11) is 0. The molecule has 0 spiro atoms. The number of rotatable bonds is 2. The Kier molecular flexibility index (Phi) is 3.64. The van der Waals surface area contributed by atoms with E-state index in [9.17, 15) is 9.59 Å². The van der Waals surface area contributed by atoms with E-state index in [0.29, 0.717) is 21.3 Å². The molecule has 1 aromatic rings. The zero-order valence-corrected chi connectivity index (χ0v) is 12.8. The number of esters is 1. The van der Waals surface area contributed by atoms with Crippen LogP contribution in [0.2, 0.25) is 0 Å². The molecule has 0 aromatic carbocycles. The van der Waals surface area contributed by atoms with Crippen LogP contribution in [0.1, 0.15) is 48.3 Å². The topological polar surface area (TPSA) is 60.3 Å². The number of carbonyl (C=O) groups excluding carboxylic acids is 2. The van der Waals surface area contributed by atoms with E-state index in [1.165, 1.54) is 11.3 Å². The van der Waals surface area contributed by atoms with Gasteiger partial charge in [-0.3, -0.25) is 4.79 Å². The number of nitrogens with one attached hydrogen (secondary N) is 1. The van der Waals surface area contributed by atoms with Gasteiger partial charge in [0.2, 0.25) is 5.91 Å². The van der Waals surface area contributed by atoms with Crippen LogP contribution in [0, 0.1) is 9.87 Å². The van der Waals surface area contributed by atoms with Gasteiger partial charge in [0, 0.05) is 6.04 Å². The number of nitrogens with zero attached hydrogens (tertiary/aromatic N) is 1. The van der Waals surface area contributed by atoms with E-state index in [2.05, 4.69) is 5.32 Å². The van der Waals surface area contributed by atoms with Crippen molar-refractivity contribution in [3.05, 3.63) is 8.83 Å². The van der Waals surface area contributed by atoms with E-state index in [1.807, 2.05) is 4.57 Å². The van der Waals surface area contributed by atoms with Crippen LogP contribution in [0.5, 0.6) is 0 Å². The van der Waals surface area contributed by atoms with Gasteiger partial charge in [-0.25, -0.2) is 4.79 Å². The minimum Gasteiger partial charge on any atom is -0.462 e. The summed E-state index contributed by atoms with van der Waals surface area (Å²) in [5, 5.41) is 2.85. The monoisotopic (exact) mass is 312 g/mol. The van der Waals surface area contributed by atoms with E-state index in [1.54, 1.807) is 6.92 Å². The molecule has 108 valence electrons. The summed E-state index contributed by atoms with van der Waals surface area (Å²) in [5.41, 5.74) is 0. The first-order valence-electron chi connectivity index (χ1n) is 6.86. The predicted molar refractivity (Wildman–Crippen MR) is 78.7 cm³/mol. The lowest BCUT2D eigenvalue weighted by Crippen LogP contribution is -2.39. The van der Waals surface area contributed by atoms with Crippen molar-refractivity contribution in [1.29, 1.82) is 0 Å². The molecule has 2 atom stereocenters. The van der Waals surface area contributed by atoms with E-state index in [4.69, 9.17) is 17.0 Å². The summed E-state index contributed by atoms with van der Waals surface area (Å²) in [5.74, 6) is 0.110. The van der Waals surface area contributed by atoms with Crippen LogP contribution < -0.4 is 5.32 Å². The van der Waals surface area contributed by atoms with Gasteiger partial charge in [-0.05, 0) is 32.0 Å². The number of aromatic nitrogens is 1. The van der Waals surface area contributed by atoms with Gasteiger partial charge in [-0.1, -0.05) is 24.2 Å². The Balaban J connectivity index is 2.07. The van der Waals surface area contributed by atoms with Crippen LogP contribution in [0.4, 0.5) is 5.82 Å². The number of anilines is 1. The van der Waals surface area contributed by atoms with Crippen LogP contribution in [0.15, 0.2) is 0 Å². The van der Waals surface area contributed by atoms with Crippen molar-refractivity contribution in [3.8, 4) is 0 Å². The number of carbonyl (C=O) groups is 2. The summed E-state index contributed by atoms with van der Waals surface area (Å²) in [6.45, 7) is 2.07. The second kappa shape index (κ2) is 5.29. The Morgan fingerprint density at radius 1 is 1.50 bits per heavy atom. The molecule has 2 unspecified atom stereocenters. The largest absolute Gasteiger partial charge is 0.462 e. The van der Waals surface area contributed by atoms with Crippen LogP contribution in [0.25, 0.3) is 0 Å². The predicted octanol–water partition coefficient (Wildman–Crippen LogP) is 3.14. The molecule has 1 aliphatic carbocycles. The maximum atomic E-state index is 12.2. The fourth-order valence-corrected chi connectivity index (χ4v) is 4.44.